The molecule has 0 spiro atoms. The molecule has 178 valence electrons. The second kappa shape index (κ2) is 11.2. The fourth-order valence-corrected chi connectivity index (χ4v) is 4.57. The second-order valence-electron chi connectivity index (χ2n) is 6.86. The summed E-state index contributed by atoms with van der Waals surface area (Å²) in [5.41, 5.74) is 0.112. The number of aromatic hydroxyl groups is 1. The minimum Gasteiger partial charge on any atom is -0.506 e. The number of benzene rings is 3. The largest absolute Gasteiger partial charge is 0.506 e. The maximum absolute atomic E-state index is 13.2. The number of thioether (sulfide) groups is 1. The number of fused-ring (bicyclic) bond motifs is 1. The van der Waals surface area contributed by atoms with Gasteiger partial charge in [0.15, 0.2) is 0 Å². The molecule has 11 heteroatoms. The van der Waals surface area contributed by atoms with Gasteiger partial charge in [-0.15, -0.1) is 46.6 Å². The zero-order valence-electron chi connectivity index (χ0n) is 17.8. The van der Waals surface area contributed by atoms with Gasteiger partial charge in [0.1, 0.15) is 15.3 Å². The molecule has 0 saturated carbocycles. The molecule has 0 bridgehead atoms. The molecule has 34 heavy (non-hydrogen) atoms. The summed E-state index contributed by atoms with van der Waals surface area (Å²) in [7, 11) is 2.38. The number of methoxy groups -OCH3 is 2. The summed E-state index contributed by atoms with van der Waals surface area (Å²) < 4.78 is 8.70. The molecule has 0 radical (unpaired) electrons. The second-order valence-corrected chi connectivity index (χ2v) is 9.93. The van der Waals surface area contributed by atoms with E-state index in [1.807, 2.05) is 0 Å². The third-order valence-electron chi connectivity index (χ3n) is 4.69. The highest BCUT2D eigenvalue weighted by atomic mass is 35.5. The van der Waals surface area contributed by atoms with E-state index in [2.05, 4.69) is 5.32 Å². The average Bonchev–Trinajstić information content (AvgIpc) is 2.84. The summed E-state index contributed by atoms with van der Waals surface area (Å²) in [5, 5.41) is 14.5. The number of anilines is 1. The molecule has 7 nitrogen and oxygen atoms in total. The number of amides is 1. The monoisotopic (exact) mass is 541 g/mol. The predicted octanol–water partition coefficient (Wildman–Crippen LogP) is 5.83. The topological polar surface area (TPSA) is 102 Å². The van der Waals surface area contributed by atoms with Gasteiger partial charge in [-0.3, -0.25) is 4.79 Å². The molecular formula is C23H18Cl3NO6S. The standard InChI is InChI=1S/C23H18Cl3NO6S/c1-32-22(30)11-7-12(23(31)33-2)9-13(8-11)27-21(29)16-10-17(34-20(26)19(24)25)14-5-3-4-6-15(14)18(16)28/h3-10,19-20,28H,1-2H3,(H,27,29)/t20-/m1/s1. The minimum absolute atomic E-state index is 0.0277. The first-order chi connectivity index (χ1) is 16.2. The maximum Gasteiger partial charge on any atom is 0.337 e. The number of esters is 2. The van der Waals surface area contributed by atoms with Crippen LogP contribution in [0.2, 0.25) is 0 Å². The number of hydrogen-bond donors (Lipinski definition) is 2. The van der Waals surface area contributed by atoms with Gasteiger partial charge in [-0.25, -0.2) is 9.59 Å². The van der Waals surface area contributed by atoms with Crippen LogP contribution in [0.15, 0.2) is 53.4 Å². The Hall–Kier alpha value is -2.65. The number of nitrogens with one attached hydrogen (secondary N) is 1. The molecule has 3 rings (SSSR count). The molecular weight excluding hydrogens is 525 g/mol. The van der Waals surface area contributed by atoms with Crippen LogP contribution in [-0.2, 0) is 9.47 Å². The Balaban J connectivity index is 2.06. The highest BCUT2D eigenvalue weighted by Gasteiger charge is 2.22. The molecule has 0 aliphatic heterocycles. The maximum atomic E-state index is 13.2. The molecule has 0 aromatic heterocycles. The number of halogens is 3. The van der Waals surface area contributed by atoms with E-state index in [-0.39, 0.29) is 28.1 Å². The van der Waals surface area contributed by atoms with Crippen LogP contribution in [-0.4, -0.2) is 46.7 Å². The lowest BCUT2D eigenvalue weighted by atomic mass is 10.0. The number of phenolic OH excluding ortho intramolecular Hbond substituents is 1. The van der Waals surface area contributed by atoms with Crippen molar-refractivity contribution in [2.75, 3.05) is 19.5 Å². The minimum atomic E-state index is -0.880. The highest BCUT2D eigenvalue weighted by Crippen LogP contribution is 2.41. The number of carbonyl (C=O) groups excluding carboxylic acids is 3. The summed E-state index contributed by atoms with van der Waals surface area (Å²) in [4.78, 5) is 36.9. The molecule has 3 aromatic rings. The smallest absolute Gasteiger partial charge is 0.337 e. The van der Waals surface area contributed by atoms with Gasteiger partial charge in [-0.05, 0) is 29.7 Å². The Labute approximate surface area is 214 Å². The van der Waals surface area contributed by atoms with Crippen LogP contribution in [0.5, 0.6) is 5.75 Å². The van der Waals surface area contributed by atoms with E-state index < -0.39 is 27.4 Å². The number of alkyl halides is 3. The van der Waals surface area contributed by atoms with Crippen molar-refractivity contribution in [3.63, 3.8) is 0 Å². The zero-order chi connectivity index (χ0) is 25.0. The van der Waals surface area contributed by atoms with Gasteiger partial charge in [-0.1, -0.05) is 24.3 Å². The van der Waals surface area contributed by atoms with Crippen molar-refractivity contribution >= 4 is 80.9 Å². The van der Waals surface area contributed by atoms with Crippen LogP contribution in [0, 0.1) is 0 Å². The first kappa shape index (κ1) is 26.0. The number of ether oxygens (including phenoxy) is 2. The molecule has 0 aliphatic carbocycles. The summed E-state index contributed by atoms with van der Waals surface area (Å²) >= 11 is 19.1. The SMILES string of the molecule is COC(=O)c1cc(NC(=O)c2cc(S[C@@H](Cl)C(Cl)Cl)c3ccccc3c2O)cc(C(=O)OC)c1. The molecule has 2 N–H and O–H groups in total. The van der Waals surface area contributed by atoms with E-state index in [0.717, 1.165) is 11.8 Å². The Morgan fingerprint density at radius 3 is 2.00 bits per heavy atom. The Bertz CT molecular complexity index is 1230. The van der Waals surface area contributed by atoms with E-state index in [0.29, 0.717) is 15.7 Å². The van der Waals surface area contributed by atoms with Crippen LogP contribution >= 0.6 is 46.6 Å². The number of phenols is 1. The highest BCUT2D eigenvalue weighted by molar-refractivity contribution is 8.01. The van der Waals surface area contributed by atoms with Gasteiger partial charge < -0.3 is 19.9 Å². The van der Waals surface area contributed by atoms with Gasteiger partial charge in [-0.2, -0.15) is 0 Å². The van der Waals surface area contributed by atoms with Crippen LogP contribution in [0.1, 0.15) is 31.1 Å². The van der Waals surface area contributed by atoms with E-state index in [1.165, 1.54) is 38.5 Å². The number of rotatable bonds is 7. The molecule has 0 saturated heterocycles. The lowest BCUT2D eigenvalue weighted by molar-refractivity contribution is 0.0598. The van der Waals surface area contributed by atoms with Crippen LogP contribution < -0.4 is 5.32 Å². The molecule has 1 amide bonds. The fourth-order valence-electron chi connectivity index (χ4n) is 3.14. The van der Waals surface area contributed by atoms with Crippen molar-refractivity contribution in [3.05, 3.63) is 65.2 Å². The van der Waals surface area contributed by atoms with E-state index in [9.17, 15) is 19.5 Å². The first-order valence-electron chi connectivity index (χ1n) is 9.63. The molecule has 0 aliphatic rings. The lowest BCUT2D eigenvalue weighted by Crippen LogP contribution is -2.15. The Kier molecular flexibility index (Phi) is 8.54. The summed E-state index contributed by atoms with van der Waals surface area (Å²) in [6.07, 6.45) is 0. The molecule has 3 aromatic carbocycles. The van der Waals surface area contributed by atoms with Crippen molar-refractivity contribution in [1.82, 2.24) is 0 Å². The van der Waals surface area contributed by atoms with Gasteiger partial charge in [0, 0.05) is 16.0 Å². The number of carbonyl (C=O) groups is 3. The molecule has 1 atom stereocenters. The van der Waals surface area contributed by atoms with Gasteiger partial charge >= 0.3 is 11.9 Å². The average molecular weight is 543 g/mol. The van der Waals surface area contributed by atoms with Crippen LogP contribution in [0.3, 0.4) is 0 Å². The number of hydrogen-bond acceptors (Lipinski definition) is 7. The molecule has 0 unspecified atom stereocenters. The van der Waals surface area contributed by atoms with Crippen LogP contribution in [0.4, 0.5) is 5.69 Å². The van der Waals surface area contributed by atoms with E-state index in [4.69, 9.17) is 44.3 Å². The van der Waals surface area contributed by atoms with E-state index >= 15 is 0 Å². The van der Waals surface area contributed by atoms with Gasteiger partial charge in [0.25, 0.3) is 5.91 Å². The quantitative estimate of drug-likeness (QED) is 0.220. The summed E-state index contributed by atoms with van der Waals surface area (Å²) in [6.45, 7) is 0. The summed E-state index contributed by atoms with van der Waals surface area (Å²) in [6, 6.07) is 12.3. The Morgan fingerprint density at radius 2 is 1.47 bits per heavy atom. The molecule has 0 heterocycles. The first-order valence-corrected chi connectivity index (χ1v) is 11.8. The predicted molar refractivity (Wildman–Crippen MR) is 134 cm³/mol. The van der Waals surface area contributed by atoms with Crippen molar-refractivity contribution in [2.45, 2.75) is 14.4 Å². The zero-order valence-corrected chi connectivity index (χ0v) is 20.9. The summed E-state index contributed by atoms with van der Waals surface area (Å²) in [5.74, 6) is -2.37. The van der Waals surface area contributed by atoms with Crippen molar-refractivity contribution < 1.29 is 29.0 Å². The Morgan fingerprint density at radius 1 is 0.912 bits per heavy atom. The van der Waals surface area contributed by atoms with Crippen molar-refractivity contribution in [3.8, 4) is 5.75 Å². The lowest BCUT2D eigenvalue weighted by Gasteiger charge is -2.16. The third-order valence-corrected chi connectivity index (χ3v) is 7.36. The third kappa shape index (κ3) is 5.70. The van der Waals surface area contributed by atoms with E-state index in [1.54, 1.807) is 24.3 Å². The van der Waals surface area contributed by atoms with Crippen molar-refractivity contribution in [2.24, 2.45) is 0 Å². The van der Waals surface area contributed by atoms with Gasteiger partial charge in [0.2, 0.25) is 0 Å². The van der Waals surface area contributed by atoms with Gasteiger partial charge in [0.05, 0.1) is 30.9 Å². The molecule has 0 fully saturated rings. The normalized spacial score (nSPS) is 11.8. The van der Waals surface area contributed by atoms with Crippen LogP contribution in [0.25, 0.3) is 10.8 Å². The van der Waals surface area contributed by atoms with Crippen molar-refractivity contribution in [1.29, 1.82) is 0 Å². The fraction of sp³-hybridized carbons (Fsp3) is 0.174.